The van der Waals surface area contributed by atoms with Gasteiger partial charge >= 0.3 is 0 Å². The van der Waals surface area contributed by atoms with E-state index in [1.54, 1.807) is 0 Å². The molecule has 0 aromatic rings. The Hall–Kier alpha value is -0.130. The minimum atomic E-state index is -2.77. The zero-order chi connectivity index (χ0) is 11.6. The lowest BCUT2D eigenvalue weighted by Crippen LogP contribution is -2.46. The Morgan fingerprint density at radius 1 is 1.38 bits per heavy atom. The van der Waals surface area contributed by atoms with Crippen LogP contribution in [0.15, 0.2) is 0 Å². The Kier molecular flexibility index (Phi) is 3.87. The van der Waals surface area contributed by atoms with E-state index in [-0.39, 0.29) is 0 Å². The fraction of sp³-hybridized carbons (Fsp3) is 1.00. The van der Waals surface area contributed by atoms with Gasteiger partial charge in [0, 0.05) is 18.6 Å². The van der Waals surface area contributed by atoms with Crippen LogP contribution in [0.3, 0.4) is 0 Å². The van der Waals surface area contributed by atoms with Crippen LogP contribution in [0, 0.1) is 11.8 Å². The quantitative estimate of drug-likeness (QED) is 0.786. The van der Waals surface area contributed by atoms with Crippen LogP contribution in [0.25, 0.3) is 0 Å². The first-order chi connectivity index (χ1) is 7.62. The lowest BCUT2D eigenvalue weighted by Gasteiger charge is -2.35. The highest BCUT2D eigenvalue weighted by molar-refractivity contribution is 7.91. The third kappa shape index (κ3) is 2.76. The molecule has 0 spiro atoms. The molecule has 3 atom stereocenters. The van der Waals surface area contributed by atoms with Crippen LogP contribution in [0.2, 0.25) is 0 Å². The Labute approximate surface area is 97.7 Å². The molecule has 0 bridgehead atoms. The van der Waals surface area contributed by atoms with Gasteiger partial charge in [0.1, 0.15) is 0 Å². The molecule has 4 nitrogen and oxygen atoms in total. The van der Waals surface area contributed by atoms with Crippen LogP contribution in [-0.2, 0) is 14.6 Å². The second-order valence-electron chi connectivity index (χ2n) is 4.85. The van der Waals surface area contributed by atoms with E-state index in [9.17, 15) is 8.42 Å². The highest BCUT2D eigenvalue weighted by Crippen LogP contribution is 2.31. The molecule has 16 heavy (non-hydrogen) atoms. The van der Waals surface area contributed by atoms with Crippen molar-refractivity contribution < 1.29 is 13.2 Å². The van der Waals surface area contributed by atoms with Crippen LogP contribution in [0.1, 0.15) is 19.8 Å². The minimum absolute atomic E-state index is 0.300. The SMILES string of the molecule is CCNC1CCOCC1C1CCS(=O)(=O)C1. The van der Waals surface area contributed by atoms with Gasteiger partial charge in [-0.05, 0) is 25.3 Å². The van der Waals surface area contributed by atoms with Gasteiger partial charge in [-0.2, -0.15) is 0 Å². The summed E-state index contributed by atoms with van der Waals surface area (Å²) in [5.41, 5.74) is 0. The lowest BCUT2D eigenvalue weighted by molar-refractivity contribution is 0.0123. The zero-order valence-electron chi connectivity index (χ0n) is 9.81. The van der Waals surface area contributed by atoms with E-state index in [2.05, 4.69) is 12.2 Å². The molecular weight excluding hydrogens is 226 g/mol. The Balaban J connectivity index is 2.00. The molecule has 0 aromatic heterocycles. The zero-order valence-corrected chi connectivity index (χ0v) is 10.6. The summed E-state index contributed by atoms with van der Waals surface area (Å²) in [6.07, 6.45) is 1.83. The smallest absolute Gasteiger partial charge is 0.150 e. The lowest BCUT2D eigenvalue weighted by atomic mass is 9.83. The molecule has 2 fully saturated rings. The van der Waals surface area contributed by atoms with E-state index in [0.29, 0.717) is 29.4 Å². The van der Waals surface area contributed by atoms with Gasteiger partial charge in [0.15, 0.2) is 9.84 Å². The fourth-order valence-corrected chi connectivity index (χ4v) is 4.80. The number of nitrogens with one attached hydrogen (secondary N) is 1. The maximum absolute atomic E-state index is 11.5. The number of rotatable bonds is 3. The number of sulfone groups is 1. The highest BCUT2D eigenvalue weighted by Gasteiger charge is 2.38. The van der Waals surface area contributed by atoms with Gasteiger partial charge in [-0.1, -0.05) is 6.92 Å². The third-order valence-electron chi connectivity index (χ3n) is 3.74. The maximum Gasteiger partial charge on any atom is 0.150 e. The van der Waals surface area contributed by atoms with E-state index in [0.717, 1.165) is 32.6 Å². The van der Waals surface area contributed by atoms with Crippen molar-refractivity contribution in [2.75, 3.05) is 31.3 Å². The molecule has 0 amide bonds. The first kappa shape index (κ1) is 12.3. The molecular formula is C11H21NO3S. The fourth-order valence-electron chi connectivity index (χ4n) is 2.90. The van der Waals surface area contributed by atoms with E-state index in [1.165, 1.54) is 0 Å². The summed E-state index contributed by atoms with van der Waals surface area (Å²) in [7, 11) is -2.77. The first-order valence-corrected chi connectivity index (χ1v) is 7.96. The molecule has 3 unspecified atom stereocenters. The summed E-state index contributed by atoms with van der Waals surface area (Å²) in [5, 5.41) is 3.46. The summed E-state index contributed by atoms with van der Waals surface area (Å²) >= 11 is 0. The molecule has 5 heteroatoms. The van der Waals surface area contributed by atoms with Crippen LogP contribution >= 0.6 is 0 Å². The average molecular weight is 247 g/mol. The van der Waals surface area contributed by atoms with E-state index in [1.807, 2.05) is 0 Å². The molecule has 2 saturated heterocycles. The van der Waals surface area contributed by atoms with Gasteiger partial charge in [0.2, 0.25) is 0 Å². The second-order valence-corrected chi connectivity index (χ2v) is 7.08. The number of ether oxygens (including phenoxy) is 1. The van der Waals surface area contributed by atoms with Crippen molar-refractivity contribution in [3.8, 4) is 0 Å². The first-order valence-electron chi connectivity index (χ1n) is 6.14. The number of hydrogen-bond acceptors (Lipinski definition) is 4. The molecule has 0 radical (unpaired) electrons. The van der Waals surface area contributed by atoms with E-state index in [4.69, 9.17) is 4.74 Å². The van der Waals surface area contributed by atoms with E-state index >= 15 is 0 Å². The van der Waals surface area contributed by atoms with Gasteiger partial charge < -0.3 is 10.1 Å². The van der Waals surface area contributed by atoms with Crippen LogP contribution in [0.4, 0.5) is 0 Å². The number of hydrogen-bond donors (Lipinski definition) is 1. The summed E-state index contributed by atoms with van der Waals surface area (Å²) < 4.78 is 28.5. The predicted octanol–water partition coefficient (Wildman–Crippen LogP) is 0.436. The molecule has 94 valence electrons. The molecule has 2 rings (SSSR count). The van der Waals surface area contributed by atoms with Gasteiger partial charge in [-0.3, -0.25) is 0 Å². The van der Waals surface area contributed by atoms with E-state index < -0.39 is 9.84 Å². The molecule has 0 aliphatic carbocycles. The van der Waals surface area contributed by atoms with Crippen molar-refractivity contribution in [3.63, 3.8) is 0 Å². The average Bonchev–Trinajstić information content (AvgIpc) is 2.60. The Morgan fingerprint density at radius 2 is 2.19 bits per heavy atom. The molecule has 0 saturated carbocycles. The molecule has 2 aliphatic rings. The highest BCUT2D eigenvalue weighted by atomic mass is 32.2. The summed E-state index contributed by atoms with van der Waals surface area (Å²) in [6.45, 7) is 4.56. The van der Waals surface area contributed by atoms with Crippen LogP contribution in [-0.4, -0.2) is 45.7 Å². The topological polar surface area (TPSA) is 55.4 Å². The monoisotopic (exact) mass is 247 g/mol. The van der Waals surface area contributed by atoms with Crippen LogP contribution < -0.4 is 5.32 Å². The van der Waals surface area contributed by atoms with Gasteiger partial charge in [0.25, 0.3) is 0 Å². The molecule has 2 heterocycles. The third-order valence-corrected chi connectivity index (χ3v) is 5.53. The largest absolute Gasteiger partial charge is 0.381 e. The van der Waals surface area contributed by atoms with Crippen molar-refractivity contribution >= 4 is 9.84 Å². The van der Waals surface area contributed by atoms with Crippen LogP contribution in [0.5, 0.6) is 0 Å². The van der Waals surface area contributed by atoms with Crippen molar-refractivity contribution in [1.29, 1.82) is 0 Å². The van der Waals surface area contributed by atoms with Gasteiger partial charge in [-0.25, -0.2) is 8.42 Å². The molecule has 1 N–H and O–H groups in total. The normalized spacial score (nSPS) is 38.7. The molecule has 0 aromatic carbocycles. The predicted molar refractivity (Wildman–Crippen MR) is 63.2 cm³/mol. The van der Waals surface area contributed by atoms with Crippen molar-refractivity contribution in [2.24, 2.45) is 11.8 Å². The second kappa shape index (κ2) is 5.02. The van der Waals surface area contributed by atoms with Crippen molar-refractivity contribution in [3.05, 3.63) is 0 Å². The van der Waals surface area contributed by atoms with Gasteiger partial charge in [0.05, 0.1) is 18.1 Å². The molecule has 2 aliphatic heterocycles. The standard InChI is InChI=1S/C11H21NO3S/c1-2-12-11-3-5-15-7-10(11)9-4-6-16(13,14)8-9/h9-12H,2-8H2,1H3. The Morgan fingerprint density at radius 3 is 2.81 bits per heavy atom. The summed E-state index contributed by atoms with van der Waals surface area (Å²) in [6, 6.07) is 0.442. The minimum Gasteiger partial charge on any atom is -0.381 e. The van der Waals surface area contributed by atoms with Crippen molar-refractivity contribution in [1.82, 2.24) is 5.32 Å². The Bertz CT molecular complexity index is 326. The summed E-state index contributed by atoms with van der Waals surface area (Å²) in [4.78, 5) is 0. The maximum atomic E-state index is 11.5. The summed E-state index contributed by atoms with van der Waals surface area (Å²) in [5.74, 6) is 1.41. The van der Waals surface area contributed by atoms with Gasteiger partial charge in [-0.15, -0.1) is 0 Å². The van der Waals surface area contributed by atoms with Crippen molar-refractivity contribution in [2.45, 2.75) is 25.8 Å².